The summed E-state index contributed by atoms with van der Waals surface area (Å²) in [6.45, 7) is 2.88. The number of nitrogens with zero attached hydrogens (tertiary/aromatic N) is 3. The number of rotatable bonds is 5. The zero-order chi connectivity index (χ0) is 19.3. The van der Waals surface area contributed by atoms with Crippen molar-refractivity contribution in [3.63, 3.8) is 0 Å². The van der Waals surface area contributed by atoms with Gasteiger partial charge in [-0.25, -0.2) is 9.78 Å². The molecule has 1 saturated carbocycles. The van der Waals surface area contributed by atoms with E-state index in [-0.39, 0.29) is 11.9 Å². The lowest BCUT2D eigenvalue weighted by Crippen LogP contribution is -2.43. The second-order valence-electron chi connectivity index (χ2n) is 7.88. The predicted octanol–water partition coefficient (Wildman–Crippen LogP) is 2.90. The summed E-state index contributed by atoms with van der Waals surface area (Å²) in [5, 5.41) is 6.01. The molecule has 28 heavy (non-hydrogen) atoms. The largest absolute Gasteiger partial charge is 0.339 e. The molecule has 0 bridgehead atoms. The number of hydrogen-bond acceptors (Lipinski definition) is 3. The standard InChI is InChI=1S/C21H29N5O2/c27-20(25-11-4-5-12-25)16-8-9-19-18(14-16)23-15-26(19)13-10-22-21(28)24-17-6-2-1-3-7-17/h8-9,14-15,17H,1-7,10-13H2,(H2,22,24,28). The maximum absolute atomic E-state index is 12.5. The molecular formula is C21H29N5O2. The number of carbonyl (C=O) groups is 2. The molecule has 1 aromatic carbocycles. The first kappa shape index (κ1) is 18.8. The van der Waals surface area contributed by atoms with Crippen LogP contribution in [0, 0.1) is 0 Å². The molecule has 2 heterocycles. The molecule has 0 radical (unpaired) electrons. The Bertz CT molecular complexity index is 834. The van der Waals surface area contributed by atoms with Crippen LogP contribution < -0.4 is 10.6 Å². The number of aromatic nitrogens is 2. The third kappa shape index (κ3) is 4.29. The minimum absolute atomic E-state index is 0.0881. The minimum atomic E-state index is -0.0881. The topological polar surface area (TPSA) is 79.3 Å². The monoisotopic (exact) mass is 383 g/mol. The molecule has 0 atom stereocenters. The Kier molecular flexibility index (Phi) is 5.78. The van der Waals surface area contributed by atoms with Crippen molar-refractivity contribution in [1.29, 1.82) is 0 Å². The molecule has 1 aromatic heterocycles. The van der Waals surface area contributed by atoms with Crippen molar-refractivity contribution in [3.05, 3.63) is 30.1 Å². The van der Waals surface area contributed by atoms with Gasteiger partial charge >= 0.3 is 6.03 Å². The van der Waals surface area contributed by atoms with E-state index in [9.17, 15) is 9.59 Å². The molecule has 2 aliphatic rings. The van der Waals surface area contributed by atoms with E-state index >= 15 is 0 Å². The summed E-state index contributed by atoms with van der Waals surface area (Å²) in [4.78, 5) is 31.0. The minimum Gasteiger partial charge on any atom is -0.339 e. The third-order valence-electron chi connectivity index (χ3n) is 5.84. The number of fused-ring (bicyclic) bond motifs is 1. The van der Waals surface area contributed by atoms with Crippen LogP contribution in [0.3, 0.4) is 0 Å². The van der Waals surface area contributed by atoms with Gasteiger partial charge in [-0.05, 0) is 43.9 Å². The molecule has 7 nitrogen and oxygen atoms in total. The average molecular weight is 383 g/mol. The van der Waals surface area contributed by atoms with E-state index in [4.69, 9.17) is 0 Å². The number of imidazole rings is 1. The molecule has 1 aliphatic heterocycles. The van der Waals surface area contributed by atoms with Crippen molar-refractivity contribution in [3.8, 4) is 0 Å². The molecule has 1 aliphatic carbocycles. The van der Waals surface area contributed by atoms with Crippen molar-refractivity contribution in [2.24, 2.45) is 0 Å². The number of urea groups is 1. The molecule has 1 saturated heterocycles. The molecule has 2 N–H and O–H groups in total. The smallest absolute Gasteiger partial charge is 0.315 e. The van der Waals surface area contributed by atoms with Gasteiger partial charge in [0.15, 0.2) is 0 Å². The number of hydrogen-bond donors (Lipinski definition) is 2. The predicted molar refractivity (Wildman–Crippen MR) is 108 cm³/mol. The van der Waals surface area contributed by atoms with Gasteiger partial charge in [-0.2, -0.15) is 0 Å². The van der Waals surface area contributed by atoms with Crippen LogP contribution in [0.5, 0.6) is 0 Å². The highest BCUT2D eigenvalue weighted by Gasteiger charge is 2.20. The first-order chi connectivity index (χ1) is 13.7. The average Bonchev–Trinajstić information content (AvgIpc) is 3.38. The van der Waals surface area contributed by atoms with Crippen LogP contribution in [-0.4, -0.2) is 52.1 Å². The fourth-order valence-corrected chi connectivity index (χ4v) is 4.25. The highest BCUT2D eigenvalue weighted by atomic mass is 16.2. The number of likely N-dealkylation sites (tertiary alicyclic amines) is 1. The zero-order valence-electron chi connectivity index (χ0n) is 16.3. The Morgan fingerprint density at radius 3 is 2.64 bits per heavy atom. The van der Waals surface area contributed by atoms with Crippen LogP contribution in [0.25, 0.3) is 11.0 Å². The molecule has 150 valence electrons. The molecule has 7 heteroatoms. The lowest BCUT2D eigenvalue weighted by Gasteiger charge is -2.22. The highest BCUT2D eigenvalue weighted by molar-refractivity contribution is 5.97. The maximum Gasteiger partial charge on any atom is 0.315 e. The Balaban J connectivity index is 1.31. The van der Waals surface area contributed by atoms with E-state index < -0.39 is 0 Å². The molecule has 2 fully saturated rings. The lowest BCUT2D eigenvalue weighted by molar-refractivity contribution is 0.0793. The van der Waals surface area contributed by atoms with Crippen LogP contribution in [0.2, 0.25) is 0 Å². The Morgan fingerprint density at radius 2 is 1.86 bits per heavy atom. The van der Waals surface area contributed by atoms with E-state index in [1.165, 1.54) is 19.3 Å². The molecule has 0 spiro atoms. The van der Waals surface area contributed by atoms with Crippen molar-refractivity contribution in [2.75, 3.05) is 19.6 Å². The van der Waals surface area contributed by atoms with Gasteiger partial charge in [0.05, 0.1) is 17.4 Å². The second-order valence-corrected chi connectivity index (χ2v) is 7.88. The van der Waals surface area contributed by atoms with E-state index in [1.807, 2.05) is 27.7 Å². The fraction of sp³-hybridized carbons (Fsp3) is 0.571. The fourth-order valence-electron chi connectivity index (χ4n) is 4.25. The Hall–Kier alpha value is -2.57. The quantitative estimate of drug-likeness (QED) is 0.833. The van der Waals surface area contributed by atoms with Crippen molar-refractivity contribution < 1.29 is 9.59 Å². The van der Waals surface area contributed by atoms with Gasteiger partial charge in [0.1, 0.15) is 0 Å². The lowest BCUT2D eigenvalue weighted by atomic mass is 9.96. The first-order valence-corrected chi connectivity index (χ1v) is 10.5. The number of amides is 3. The summed E-state index contributed by atoms with van der Waals surface area (Å²) in [7, 11) is 0. The SMILES string of the molecule is O=C(NCCn1cnc2cc(C(=O)N3CCCC3)ccc21)NC1CCCCC1. The third-order valence-corrected chi connectivity index (χ3v) is 5.84. The number of benzene rings is 1. The molecule has 4 rings (SSSR count). The van der Waals surface area contributed by atoms with Gasteiger partial charge in [0, 0.05) is 37.8 Å². The molecule has 0 unspecified atom stereocenters. The molecule has 2 aromatic rings. The number of carbonyl (C=O) groups excluding carboxylic acids is 2. The van der Waals surface area contributed by atoms with E-state index in [0.29, 0.717) is 24.7 Å². The summed E-state index contributed by atoms with van der Waals surface area (Å²) < 4.78 is 2.01. The zero-order valence-corrected chi connectivity index (χ0v) is 16.3. The van der Waals surface area contributed by atoms with Gasteiger partial charge in [0.2, 0.25) is 0 Å². The first-order valence-electron chi connectivity index (χ1n) is 10.5. The van der Waals surface area contributed by atoms with Gasteiger partial charge in [0.25, 0.3) is 5.91 Å². The van der Waals surface area contributed by atoms with E-state index in [2.05, 4.69) is 15.6 Å². The van der Waals surface area contributed by atoms with Crippen LogP contribution in [-0.2, 0) is 6.54 Å². The molecular weight excluding hydrogens is 354 g/mol. The van der Waals surface area contributed by atoms with Crippen LogP contribution in [0.1, 0.15) is 55.3 Å². The molecule has 3 amide bonds. The maximum atomic E-state index is 12.5. The van der Waals surface area contributed by atoms with Gasteiger partial charge in [-0.3, -0.25) is 4.79 Å². The van der Waals surface area contributed by atoms with Gasteiger partial charge < -0.3 is 20.1 Å². The summed E-state index contributed by atoms with van der Waals surface area (Å²) >= 11 is 0. The Labute approximate surface area is 165 Å². The summed E-state index contributed by atoms with van der Waals surface area (Å²) in [6.07, 6.45) is 9.79. The van der Waals surface area contributed by atoms with Gasteiger partial charge in [-0.1, -0.05) is 19.3 Å². The van der Waals surface area contributed by atoms with Crippen molar-refractivity contribution in [2.45, 2.75) is 57.5 Å². The normalized spacial score (nSPS) is 17.8. The van der Waals surface area contributed by atoms with Gasteiger partial charge in [-0.15, -0.1) is 0 Å². The second kappa shape index (κ2) is 8.63. The van der Waals surface area contributed by atoms with E-state index in [0.717, 1.165) is 49.8 Å². The summed E-state index contributed by atoms with van der Waals surface area (Å²) in [6, 6.07) is 5.93. The van der Waals surface area contributed by atoms with Crippen LogP contribution in [0.15, 0.2) is 24.5 Å². The van der Waals surface area contributed by atoms with Crippen LogP contribution in [0.4, 0.5) is 4.79 Å². The Morgan fingerprint density at radius 1 is 1.07 bits per heavy atom. The summed E-state index contributed by atoms with van der Waals surface area (Å²) in [5.41, 5.74) is 2.49. The number of nitrogens with one attached hydrogen (secondary N) is 2. The van der Waals surface area contributed by atoms with Crippen LogP contribution >= 0.6 is 0 Å². The van der Waals surface area contributed by atoms with Crippen molar-refractivity contribution in [1.82, 2.24) is 25.1 Å². The van der Waals surface area contributed by atoms with Crippen molar-refractivity contribution >= 4 is 23.0 Å². The summed E-state index contributed by atoms with van der Waals surface area (Å²) in [5.74, 6) is 0.0926. The highest BCUT2D eigenvalue weighted by Crippen LogP contribution is 2.19. The van der Waals surface area contributed by atoms with E-state index in [1.54, 1.807) is 6.33 Å².